The molecule has 0 fully saturated rings. The van der Waals surface area contributed by atoms with E-state index in [1.807, 2.05) is 13.8 Å². The van der Waals surface area contributed by atoms with E-state index in [9.17, 15) is 4.79 Å². The van der Waals surface area contributed by atoms with Gasteiger partial charge in [0.2, 0.25) is 5.91 Å². The van der Waals surface area contributed by atoms with Crippen LogP contribution < -0.4 is 16.0 Å². The fraction of sp³-hybridized carbons (Fsp3) is 0.600. The molecule has 5 nitrogen and oxygen atoms in total. The molecule has 0 aliphatic carbocycles. The van der Waals surface area contributed by atoms with Crippen LogP contribution >= 0.6 is 35.3 Å². The number of hydrogen-bond donors (Lipinski definition) is 3. The van der Waals surface area contributed by atoms with Crippen LogP contribution in [0.15, 0.2) is 21.8 Å². The molecule has 1 rings (SSSR count). The van der Waals surface area contributed by atoms with Crippen LogP contribution in [0.1, 0.15) is 38.7 Å². The quantitative estimate of drug-likeness (QED) is 0.332. The molecule has 0 aliphatic heterocycles. The van der Waals surface area contributed by atoms with Gasteiger partial charge >= 0.3 is 0 Å². The van der Waals surface area contributed by atoms with Crippen molar-refractivity contribution in [3.63, 3.8) is 0 Å². The lowest BCUT2D eigenvalue weighted by Gasteiger charge is -2.15. The second-order valence-corrected chi connectivity index (χ2v) is 5.66. The monoisotopic (exact) mass is 438 g/mol. The highest BCUT2D eigenvalue weighted by Crippen LogP contribution is 2.16. The lowest BCUT2D eigenvalue weighted by atomic mass is 10.1. The molecule has 1 aromatic rings. The van der Waals surface area contributed by atoms with Crippen molar-refractivity contribution in [2.24, 2.45) is 4.99 Å². The second-order valence-electron chi connectivity index (χ2n) is 4.88. The largest absolute Gasteiger partial charge is 0.357 e. The first-order valence-corrected chi connectivity index (χ1v) is 8.42. The van der Waals surface area contributed by atoms with Crippen molar-refractivity contribution >= 4 is 47.2 Å². The van der Waals surface area contributed by atoms with Gasteiger partial charge in [-0.25, -0.2) is 4.99 Å². The molecule has 1 unspecified atom stereocenters. The Morgan fingerprint density at radius 3 is 2.68 bits per heavy atom. The summed E-state index contributed by atoms with van der Waals surface area (Å²) in [6.07, 6.45) is 0.936. The number of amides is 1. The van der Waals surface area contributed by atoms with Crippen molar-refractivity contribution in [2.75, 3.05) is 26.2 Å². The minimum absolute atomic E-state index is 0. The number of carbonyl (C=O) groups excluding carboxylic acids is 1. The number of halogens is 1. The third-order valence-corrected chi connectivity index (χ3v) is 3.69. The second kappa shape index (κ2) is 12.7. The van der Waals surface area contributed by atoms with Gasteiger partial charge in [-0.05, 0) is 41.7 Å². The summed E-state index contributed by atoms with van der Waals surface area (Å²) in [4.78, 5) is 15.9. The van der Waals surface area contributed by atoms with Gasteiger partial charge < -0.3 is 16.0 Å². The molecule has 1 heterocycles. The highest BCUT2D eigenvalue weighted by Gasteiger charge is 2.07. The molecule has 0 bridgehead atoms. The highest BCUT2D eigenvalue weighted by atomic mass is 127. The Hall–Kier alpha value is -0.830. The summed E-state index contributed by atoms with van der Waals surface area (Å²) in [7, 11) is 0. The minimum Gasteiger partial charge on any atom is -0.357 e. The molecule has 0 radical (unpaired) electrons. The van der Waals surface area contributed by atoms with Crippen molar-refractivity contribution in [2.45, 2.75) is 33.1 Å². The molecular formula is C15H27IN4OS. The van der Waals surface area contributed by atoms with E-state index in [4.69, 9.17) is 0 Å². The lowest BCUT2D eigenvalue weighted by molar-refractivity contribution is -0.119. The molecule has 0 aromatic carbocycles. The van der Waals surface area contributed by atoms with Crippen LogP contribution in [-0.2, 0) is 4.79 Å². The fourth-order valence-corrected chi connectivity index (χ4v) is 2.52. The lowest BCUT2D eigenvalue weighted by Crippen LogP contribution is -2.40. The van der Waals surface area contributed by atoms with Crippen LogP contribution in [0.25, 0.3) is 0 Å². The van der Waals surface area contributed by atoms with Crippen molar-refractivity contribution in [1.82, 2.24) is 16.0 Å². The van der Waals surface area contributed by atoms with E-state index in [2.05, 4.69) is 44.7 Å². The molecule has 0 saturated carbocycles. The first-order chi connectivity index (χ1) is 10.2. The molecule has 1 atom stereocenters. The van der Waals surface area contributed by atoms with Gasteiger partial charge in [0.1, 0.15) is 6.54 Å². The van der Waals surface area contributed by atoms with E-state index in [-0.39, 0.29) is 36.4 Å². The Balaban J connectivity index is 0.00000441. The van der Waals surface area contributed by atoms with Gasteiger partial charge in [0.25, 0.3) is 0 Å². The summed E-state index contributed by atoms with van der Waals surface area (Å²) in [5.74, 6) is 1.06. The van der Waals surface area contributed by atoms with Crippen LogP contribution in [0.2, 0.25) is 0 Å². The summed E-state index contributed by atoms with van der Waals surface area (Å²) >= 11 is 1.71. The molecule has 0 spiro atoms. The fourth-order valence-electron chi connectivity index (χ4n) is 1.74. The summed E-state index contributed by atoms with van der Waals surface area (Å²) in [6.45, 7) is 8.63. The normalized spacial score (nSPS) is 12.2. The van der Waals surface area contributed by atoms with E-state index in [1.165, 1.54) is 5.56 Å². The van der Waals surface area contributed by atoms with Crippen LogP contribution in [0, 0.1) is 0 Å². The van der Waals surface area contributed by atoms with Crippen LogP contribution in [-0.4, -0.2) is 38.0 Å². The van der Waals surface area contributed by atoms with E-state index >= 15 is 0 Å². The zero-order valence-electron chi connectivity index (χ0n) is 13.5. The number of hydrogen-bond acceptors (Lipinski definition) is 3. The average Bonchev–Trinajstić information content (AvgIpc) is 3.02. The average molecular weight is 438 g/mol. The number of nitrogens with zero attached hydrogens (tertiary/aromatic N) is 1. The number of carbonyl (C=O) groups is 1. The molecule has 0 aliphatic rings. The predicted molar refractivity (Wildman–Crippen MR) is 105 cm³/mol. The third-order valence-electron chi connectivity index (χ3n) is 2.99. The minimum atomic E-state index is -0.0417. The van der Waals surface area contributed by atoms with Crippen LogP contribution in [0.4, 0.5) is 0 Å². The molecule has 7 heteroatoms. The highest BCUT2D eigenvalue weighted by molar-refractivity contribution is 14.0. The summed E-state index contributed by atoms with van der Waals surface area (Å²) in [5.41, 5.74) is 1.32. The topological polar surface area (TPSA) is 65.5 Å². The maximum Gasteiger partial charge on any atom is 0.241 e. The van der Waals surface area contributed by atoms with Gasteiger partial charge in [0.05, 0.1) is 0 Å². The summed E-state index contributed by atoms with van der Waals surface area (Å²) < 4.78 is 0. The van der Waals surface area contributed by atoms with Gasteiger partial charge in [-0.2, -0.15) is 11.3 Å². The number of nitrogens with one attached hydrogen (secondary N) is 3. The van der Waals surface area contributed by atoms with E-state index in [0.717, 1.165) is 19.5 Å². The van der Waals surface area contributed by atoms with Gasteiger partial charge in [-0.3, -0.25) is 4.79 Å². The molecule has 0 saturated heterocycles. The van der Waals surface area contributed by atoms with E-state index in [1.54, 1.807) is 11.3 Å². The molecule has 22 heavy (non-hydrogen) atoms. The van der Waals surface area contributed by atoms with Gasteiger partial charge in [0.15, 0.2) is 5.96 Å². The first-order valence-electron chi connectivity index (χ1n) is 7.48. The molecule has 3 N–H and O–H groups in total. The summed E-state index contributed by atoms with van der Waals surface area (Å²) in [6, 6.07) is 2.14. The van der Waals surface area contributed by atoms with Crippen molar-refractivity contribution in [3.8, 4) is 0 Å². The van der Waals surface area contributed by atoms with Crippen LogP contribution in [0.5, 0.6) is 0 Å². The smallest absolute Gasteiger partial charge is 0.241 e. The number of aliphatic imine (C=N–C) groups is 1. The maximum atomic E-state index is 11.6. The van der Waals surface area contributed by atoms with Gasteiger partial charge in [-0.1, -0.05) is 13.8 Å². The Labute approximate surface area is 154 Å². The number of guanidine groups is 1. The van der Waals surface area contributed by atoms with Crippen LogP contribution in [0.3, 0.4) is 0 Å². The maximum absolute atomic E-state index is 11.6. The first kappa shape index (κ1) is 21.2. The number of thiophene rings is 1. The Morgan fingerprint density at radius 1 is 1.32 bits per heavy atom. The third kappa shape index (κ3) is 8.57. The Kier molecular flexibility index (Phi) is 12.2. The van der Waals surface area contributed by atoms with E-state index in [0.29, 0.717) is 18.4 Å². The standard InChI is InChI=1S/C15H26N4OS.HI/c1-4-7-17-14(20)10-19-15(16-5-2)18-9-12(3)13-6-8-21-11-13;/h6,8,11-12H,4-5,7,9-10H2,1-3H3,(H,17,20)(H2,16,18,19);1H. The molecular weight excluding hydrogens is 411 g/mol. The molecule has 1 aromatic heterocycles. The SMILES string of the molecule is CCCNC(=O)CN=C(NCC)NCC(C)c1ccsc1.I. The zero-order chi connectivity index (χ0) is 15.5. The molecule has 126 valence electrons. The Morgan fingerprint density at radius 2 is 2.09 bits per heavy atom. The van der Waals surface area contributed by atoms with Crippen molar-refractivity contribution in [3.05, 3.63) is 22.4 Å². The van der Waals surface area contributed by atoms with Gasteiger partial charge in [0, 0.05) is 19.6 Å². The van der Waals surface area contributed by atoms with Crippen molar-refractivity contribution < 1.29 is 4.79 Å². The predicted octanol–water partition coefficient (Wildman–Crippen LogP) is 2.55. The number of rotatable bonds is 8. The van der Waals surface area contributed by atoms with E-state index < -0.39 is 0 Å². The van der Waals surface area contributed by atoms with Gasteiger partial charge in [-0.15, -0.1) is 24.0 Å². The zero-order valence-corrected chi connectivity index (χ0v) is 16.7. The van der Waals surface area contributed by atoms with Crippen molar-refractivity contribution in [1.29, 1.82) is 0 Å². The summed E-state index contributed by atoms with van der Waals surface area (Å²) in [5, 5.41) is 13.5. The molecule has 1 amide bonds. The Bertz CT molecular complexity index is 437.